The first-order chi connectivity index (χ1) is 19.8. The van der Waals surface area contributed by atoms with Crippen LogP contribution >= 0.6 is 0 Å². The highest BCUT2D eigenvalue weighted by molar-refractivity contribution is 5.85. The molecule has 42 heavy (non-hydrogen) atoms. The molecular formula is C26H43N5O11. The van der Waals surface area contributed by atoms with Crippen LogP contribution in [-0.4, -0.2) is 100 Å². The number of aliphatic carboxylic acids is 2. The summed E-state index contributed by atoms with van der Waals surface area (Å²) in [4.78, 5) is 93.5. The van der Waals surface area contributed by atoms with Gasteiger partial charge in [-0.2, -0.15) is 0 Å². The molecule has 0 bridgehead atoms. The highest BCUT2D eigenvalue weighted by Crippen LogP contribution is 2.05. The Morgan fingerprint density at radius 3 is 1.69 bits per heavy atom. The molecule has 0 spiro atoms. The van der Waals surface area contributed by atoms with Gasteiger partial charge in [0.05, 0.1) is 18.7 Å². The van der Waals surface area contributed by atoms with Crippen LogP contribution in [0.4, 0.5) is 0 Å². The third-order valence-corrected chi connectivity index (χ3v) is 5.98. The Bertz CT molecular complexity index is 944. The molecule has 0 fully saturated rings. The molecule has 0 aliphatic carbocycles. The summed E-state index contributed by atoms with van der Waals surface area (Å²) in [5, 5.41) is 40.0. The second kappa shape index (κ2) is 21.6. The van der Waals surface area contributed by atoms with E-state index in [-0.39, 0.29) is 57.3 Å². The number of rotatable bonds is 23. The SMILES string of the molecule is CCCCNC(=O)CC[C@@H](C=O)NC(=O)CCC(NC(=O)CC[C@@H](CO)NC(=O)CCC(NC(C)=O)C(=O)O)C(=O)O. The third-order valence-electron chi connectivity index (χ3n) is 5.98. The Labute approximate surface area is 243 Å². The van der Waals surface area contributed by atoms with Gasteiger partial charge in [-0.25, -0.2) is 9.59 Å². The predicted molar refractivity (Wildman–Crippen MR) is 147 cm³/mol. The molecule has 0 radical (unpaired) electrons. The molecule has 0 rings (SSSR count). The number of unbranched alkanes of at least 4 members (excludes halogenated alkanes) is 1. The number of aliphatic hydroxyl groups is 1. The summed E-state index contributed by atoms with van der Waals surface area (Å²) >= 11 is 0. The van der Waals surface area contributed by atoms with E-state index in [9.17, 15) is 48.6 Å². The Balaban J connectivity index is 4.63. The average Bonchev–Trinajstić information content (AvgIpc) is 2.92. The van der Waals surface area contributed by atoms with Crippen molar-refractivity contribution in [3.63, 3.8) is 0 Å². The van der Waals surface area contributed by atoms with E-state index in [1.54, 1.807) is 0 Å². The van der Waals surface area contributed by atoms with Crippen LogP contribution < -0.4 is 26.6 Å². The van der Waals surface area contributed by atoms with Crippen LogP contribution in [0.25, 0.3) is 0 Å². The number of carboxylic acid groups (broad SMARTS) is 2. The first kappa shape index (κ1) is 37.9. The number of aliphatic hydroxyl groups excluding tert-OH is 1. The molecular weight excluding hydrogens is 558 g/mol. The maximum atomic E-state index is 12.3. The van der Waals surface area contributed by atoms with Crippen molar-refractivity contribution in [1.82, 2.24) is 26.6 Å². The molecule has 8 N–H and O–H groups in total. The summed E-state index contributed by atoms with van der Waals surface area (Å²) in [6, 6.07) is -4.51. The van der Waals surface area contributed by atoms with Crippen molar-refractivity contribution >= 4 is 47.8 Å². The van der Waals surface area contributed by atoms with Crippen molar-refractivity contribution in [1.29, 1.82) is 0 Å². The van der Waals surface area contributed by atoms with Gasteiger partial charge in [0, 0.05) is 39.2 Å². The van der Waals surface area contributed by atoms with Gasteiger partial charge in [0.15, 0.2) is 0 Å². The zero-order valence-corrected chi connectivity index (χ0v) is 24.0. The Morgan fingerprint density at radius 1 is 0.690 bits per heavy atom. The number of aldehydes is 1. The lowest BCUT2D eigenvalue weighted by molar-refractivity contribution is -0.142. The van der Waals surface area contributed by atoms with Gasteiger partial charge >= 0.3 is 11.9 Å². The van der Waals surface area contributed by atoms with Gasteiger partial charge < -0.3 is 46.7 Å². The van der Waals surface area contributed by atoms with E-state index in [2.05, 4.69) is 26.6 Å². The van der Waals surface area contributed by atoms with E-state index >= 15 is 0 Å². The van der Waals surface area contributed by atoms with Gasteiger partial charge in [-0.3, -0.25) is 24.0 Å². The smallest absolute Gasteiger partial charge is 0.326 e. The number of amides is 5. The quantitative estimate of drug-likeness (QED) is 0.0486. The minimum atomic E-state index is -1.42. The molecule has 0 saturated carbocycles. The molecule has 0 aliphatic heterocycles. The fourth-order valence-electron chi connectivity index (χ4n) is 3.62. The molecule has 238 valence electrons. The summed E-state index contributed by atoms with van der Waals surface area (Å²) < 4.78 is 0. The largest absolute Gasteiger partial charge is 0.480 e. The van der Waals surface area contributed by atoms with Crippen LogP contribution in [0.1, 0.15) is 78.1 Å². The standard InChI is InChI=1S/C26H43N5O11/c1-3-4-13-27-21(35)9-5-17(14-32)29-23(37)12-8-20(26(41)42)31-24(38)10-6-18(15-33)30-22(36)11-7-19(25(39)40)28-16(2)34/h14,17-20,33H,3-13,15H2,1-2H3,(H,27,35)(H,28,34)(H,29,37)(H,30,36)(H,31,38)(H,39,40)(H,41,42)/t17-,18-,19?,20?/m0/s1. The number of hydrogen-bond acceptors (Lipinski definition) is 9. The van der Waals surface area contributed by atoms with Crippen LogP contribution in [0.3, 0.4) is 0 Å². The first-order valence-electron chi connectivity index (χ1n) is 13.8. The summed E-state index contributed by atoms with van der Waals surface area (Å²) in [6.07, 6.45) is 0.879. The van der Waals surface area contributed by atoms with Gasteiger partial charge in [0.25, 0.3) is 0 Å². The van der Waals surface area contributed by atoms with E-state index in [0.717, 1.165) is 19.8 Å². The lowest BCUT2D eigenvalue weighted by Crippen LogP contribution is -2.44. The Hall–Kier alpha value is -4.08. The average molecular weight is 602 g/mol. The Morgan fingerprint density at radius 2 is 1.19 bits per heavy atom. The van der Waals surface area contributed by atoms with Gasteiger partial charge in [0.2, 0.25) is 29.5 Å². The molecule has 5 amide bonds. The van der Waals surface area contributed by atoms with Crippen molar-refractivity contribution in [2.45, 2.75) is 102 Å². The summed E-state index contributed by atoms with van der Waals surface area (Å²) in [5.74, 6) is -5.51. The number of carboxylic acids is 2. The third kappa shape index (κ3) is 18.3. The molecule has 4 atom stereocenters. The number of hydrogen-bond donors (Lipinski definition) is 8. The van der Waals surface area contributed by atoms with Gasteiger partial charge in [-0.15, -0.1) is 0 Å². The number of carbonyl (C=O) groups excluding carboxylic acids is 6. The second-order valence-electron chi connectivity index (χ2n) is 9.66. The summed E-state index contributed by atoms with van der Waals surface area (Å²) in [6.45, 7) is 3.08. The zero-order valence-electron chi connectivity index (χ0n) is 24.0. The van der Waals surface area contributed by atoms with Crippen molar-refractivity contribution in [2.75, 3.05) is 13.2 Å². The molecule has 0 aromatic rings. The molecule has 0 saturated heterocycles. The monoisotopic (exact) mass is 601 g/mol. The normalized spacial score (nSPS) is 13.4. The fourth-order valence-corrected chi connectivity index (χ4v) is 3.62. The summed E-state index contributed by atoms with van der Waals surface area (Å²) in [5.41, 5.74) is 0. The van der Waals surface area contributed by atoms with E-state index in [4.69, 9.17) is 5.11 Å². The highest BCUT2D eigenvalue weighted by atomic mass is 16.4. The molecule has 0 aromatic heterocycles. The maximum Gasteiger partial charge on any atom is 0.326 e. The fraction of sp³-hybridized carbons (Fsp3) is 0.692. The van der Waals surface area contributed by atoms with Crippen molar-refractivity contribution in [3.05, 3.63) is 0 Å². The maximum absolute atomic E-state index is 12.3. The Kier molecular flexibility index (Phi) is 19.5. The lowest BCUT2D eigenvalue weighted by atomic mass is 10.1. The van der Waals surface area contributed by atoms with E-state index in [0.29, 0.717) is 12.8 Å². The van der Waals surface area contributed by atoms with Crippen molar-refractivity contribution in [2.24, 2.45) is 0 Å². The molecule has 0 aromatic carbocycles. The number of carbonyl (C=O) groups is 8. The minimum Gasteiger partial charge on any atom is -0.480 e. The topological polar surface area (TPSA) is 257 Å². The first-order valence-corrected chi connectivity index (χ1v) is 13.8. The molecule has 16 heteroatoms. The lowest BCUT2D eigenvalue weighted by Gasteiger charge is -2.19. The van der Waals surface area contributed by atoms with E-state index in [1.165, 1.54) is 0 Å². The second-order valence-corrected chi connectivity index (χ2v) is 9.66. The van der Waals surface area contributed by atoms with Gasteiger partial charge in [-0.05, 0) is 32.1 Å². The van der Waals surface area contributed by atoms with Gasteiger partial charge in [0.1, 0.15) is 18.4 Å². The van der Waals surface area contributed by atoms with Crippen LogP contribution in [0, 0.1) is 0 Å². The van der Waals surface area contributed by atoms with Crippen molar-refractivity contribution < 1.29 is 53.7 Å². The zero-order chi connectivity index (χ0) is 32.1. The van der Waals surface area contributed by atoms with Crippen molar-refractivity contribution in [3.8, 4) is 0 Å². The highest BCUT2D eigenvalue weighted by Gasteiger charge is 2.24. The number of nitrogens with one attached hydrogen (secondary N) is 5. The van der Waals surface area contributed by atoms with E-state index in [1.807, 2.05) is 6.92 Å². The van der Waals surface area contributed by atoms with Gasteiger partial charge in [-0.1, -0.05) is 13.3 Å². The molecule has 0 heterocycles. The molecule has 2 unspecified atom stereocenters. The minimum absolute atomic E-state index is 0.0242. The summed E-state index contributed by atoms with van der Waals surface area (Å²) in [7, 11) is 0. The van der Waals surface area contributed by atoms with Crippen LogP contribution in [0.15, 0.2) is 0 Å². The van der Waals surface area contributed by atoms with Crippen LogP contribution in [0.2, 0.25) is 0 Å². The van der Waals surface area contributed by atoms with Crippen LogP contribution in [0.5, 0.6) is 0 Å². The predicted octanol–water partition coefficient (Wildman–Crippen LogP) is -1.66. The molecule has 0 aliphatic rings. The van der Waals surface area contributed by atoms with E-state index < -0.39 is 66.3 Å². The van der Waals surface area contributed by atoms with Crippen LogP contribution in [-0.2, 0) is 38.4 Å². The molecule has 16 nitrogen and oxygen atoms in total.